The van der Waals surface area contributed by atoms with E-state index in [2.05, 4.69) is 26.0 Å². The Bertz CT molecular complexity index is 510. The second kappa shape index (κ2) is 5.43. The first kappa shape index (κ1) is 13.6. The van der Waals surface area contributed by atoms with Crippen molar-refractivity contribution in [2.24, 2.45) is 5.92 Å². The van der Waals surface area contributed by atoms with E-state index < -0.39 is 11.9 Å². The van der Waals surface area contributed by atoms with Gasteiger partial charge < -0.3 is 10.0 Å². The lowest BCUT2D eigenvalue weighted by atomic mass is 9.96. The number of nitrogens with zero attached hydrogens (tertiary/aromatic N) is 1. The SMILES string of the molecule is Cc1ccc(CN2CCC(C(=O)O)CC2=O)cc1C. The van der Waals surface area contributed by atoms with Crippen LogP contribution in [0.3, 0.4) is 0 Å². The van der Waals surface area contributed by atoms with E-state index in [9.17, 15) is 9.59 Å². The number of aryl methyl sites for hydroxylation is 2. The lowest BCUT2D eigenvalue weighted by Gasteiger charge is -2.30. The Morgan fingerprint density at radius 3 is 2.68 bits per heavy atom. The average Bonchev–Trinajstić information content (AvgIpc) is 2.36. The van der Waals surface area contributed by atoms with Gasteiger partial charge in [0.2, 0.25) is 5.91 Å². The molecule has 1 N–H and O–H groups in total. The summed E-state index contributed by atoms with van der Waals surface area (Å²) in [4.78, 5) is 24.6. The van der Waals surface area contributed by atoms with Crippen LogP contribution in [0, 0.1) is 19.8 Å². The van der Waals surface area contributed by atoms with Crippen molar-refractivity contribution >= 4 is 11.9 Å². The summed E-state index contributed by atoms with van der Waals surface area (Å²) in [6.07, 6.45) is 0.673. The van der Waals surface area contributed by atoms with E-state index in [0.717, 1.165) is 5.56 Å². The second-order valence-corrected chi connectivity index (χ2v) is 5.26. The Hall–Kier alpha value is -1.84. The molecule has 2 rings (SSSR count). The Labute approximate surface area is 113 Å². The fourth-order valence-electron chi connectivity index (χ4n) is 2.38. The van der Waals surface area contributed by atoms with E-state index in [-0.39, 0.29) is 12.3 Å². The number of carbonyl (C=O) groups is 2. The molecule has 1 aromatic rings. The van der Waals surface area contributed by atoms with Gasteiger partial charge in [0.15, 0.2) is 0 Å². The van der Waals surface area contributed by atoms with Crippen molar-refractivity contribution in [3.8, 4) is 0 Å². The minimum atomic E-state index is -0.862. The Balaban J connectivity index is 2.02. The van der Waals surface area contributed by atoms with Gasteiger partial charge in [-0.15, -0.1) is 0 Å². The summed E-state index contributed by atoms with van der Waals surface area (Å²) in [5.41, 5.74) is 3.55. The number of rotatable bonds is 3. The number of carbonyl (C=O) groups excluding carboxylic acids is 1. The van der Waals surface area contributed by atoms with E-state index in [1.807, 2.05) is 6.07 Å². The van der Waals surface area contributed by atoms with Gasteiger partial charge in [-0.2, -0.15) is 0 Å². The first-order chi connectivity index (χ1) is 8.97. The lowest BCUT2D eigenvalue weighted by molar-refractivity contribution is -0.149. The van der Waals surface area contributed by atoms with Crippen LogP contribution in [0.1, 0.15) is 29.5 Å². The molecule has 0 bridgehead atoms. The van der Waals surface area contributed by atoms with Gasteiger partial charge in [0.25, 0.3) is 0 Å². The average molecular weight is 261 g/mol. The maximum atomic E-state index is 11.9. The predicted octanol–water partition coefficient (Wildman–Crippen LogP) is 2.13. The molecule has 0 spiro atoms. The van der Waals surface area contributed by atoms with Crippen LogP contribution in [0.15, 0.2) is 18.2 Å². The quantitative estimate of drug-likeness (QED) is 0.906. The number of aliphatic carboxylic acids is 1. The van der Waals surface area contributed by atoms with Crippen molar-refractivity contribution < 1.29 is 14.7 Å². The van der Waals surface area contributed by atoms with Crippen molar-refractivity contribution in [3.05, 3.63) is 34.9 Å². The summed E-state index contributed by atoms with van der Waals surface area (Å²) in [6, 6.07) is 6.17. The molecule has 4 nitrogen and oxygen atoms in total. The predicted molar refractivity (Wildman–Crippen MR) is 71.7 cm³/mol. The van der Waals surface area contributed by atoms with Gasteiger partial charge in [-0.1, -0.05) is 18.2 Å². The molecule has 1 fully saturated rings. The maximum absolute atomic E-state index is 11.9. The fraction of sp³-hybridized carbons (Fsp3) is 0.467. The summed E-state index contributed by atoms with van der Waals surface area (Å²) in [7, 11) is 0. The Morgan fingerprint density at radius 2 is 2.11 bits per heavy atom. The molecular formula is C15H19NO3. The molecule has 19 heavy (non-hydrogen) atoms. The highest BCUT2D eigenvalue weighted by Crippen LogP contribution is 2.21. The van der Waals surface area contributed by atoms with Crippen LogP contribution < -0.4 is 0 Å². The summed E-state index contributed by atoms with van der Waals surface area (Å²) >= 11 is 0. The number of benzene rings is 1. The van der Waals surface area contributed by atoms with Gasteiger partial charge in [0.1, 0.15) is 0 Å². The minimum Gasteiger partial charge on any atom is -0.481 e. The molecule has 0 radical (unpaired) electrons. The molecule has 4 heteroatoms. The van der Waals surface area contributed by atoms with E-state index in [0.29, 0.717) is 19.5 Å². The number of carboxylic acid groups (broad SMARTS) is 1. The van der Waals surface area contributed by atoms with Crippen LogP contribution in [-0.4, -0.2) is 28.4 Å². The van der Waals surface area contributed by atoms with Gasteiger partial charge >= 0.3 is 5.97 Å². The van der Waals surface area contributed by atoms with Gasteiger partial charge in [0, 0.05) is 19.5 Å². The van der Waals surface area contributed by atoms with Gasteiger partial charge in [-0.05, 0) is 37.0 Å². The van der Waals surface area contributed by atoms with Gasteiger partial charge in [-0.25, -0.2) is 0 Å². The third-order valence-corrected chi connectivity index (χ3v) is 3.82. The monoisotopic (exact) mass is 261 g/mol. The highest BCUT2D eigenvalue weighted by atomic mass is 16.4. The third-order valence-electron chi connectivity index (χ3n) is 3.82. The zero-order valence-electron chi connectivity index (χ0n) is 11.3. The molecule has 0 saturated carbocycles. The highest BCUT2D eigenvalue weighted by Gasteiger charge is 2.30. The maximum Gasteiger partial charge on any atom is 0.307 e. The first-order valence-electron chi connectivity index (χ1n) is 6.54. The van der Waals surface area contributed by atoms with Crippen LogP contribution in [0.25, 0.3) is 0 Å². The van der Waals surface area contributed by atoms with Crippen molar-refractivity contribution in [1.82, 2.24) is 4.90 Å². The smallest absolute Gasteiger partial charge is 0.307 e. The molecule has 1 unspecified atom stereocenters. The Kier molecular flexibility index (Phi) is 3.88. The zero-order chi connectivity index (χ0) is 14.0. The molecule has 1 amide bonds. The standard InChI is InChI=1S/C15H19NO3/c1-10-3-4-12(7-11(10)2)9-16-6-5-13(15(18)19)8-14(16)17/h3-4,7,13H,5-6,8-9H2,1-2H3,(H,18,19). The number of likely N-dealkylation sites (tertiary alicyclic amines) is 1. The van der Waals surface area contributed by atoms with E-state index in [1.165, 1.54) is 11.1 Å². The number of amides is 1. The molecule has 1 aromatic carbocycles. The van der Waals surface area contributed by atoms with E-state index in [1.54, 1.807) is 4.90 Å². The fourth-order valence-corrected chi connectivity index (χ4v) is 2.38. The number of hydrogen-bond donors (Lipinski definition) is 1. The van der Waals surface area contributed by atoms with Gasteiger partial charge in [0.05, 0.1) is 5.92 Å². The van der Waals surface area contributed by atoms with Gasteiger partial charge in [-0.3, -0.25) is 9.59 Å². The van der Waals surface area contributed by atoms with E-state index in [4.69, 9.17) is 5.11 Å². The van der Waals surface area contributed by atoms with Crippen molar-refractivity contribution in [1.29, 1.82) is 0 Å². The topological polar surface area (TPSA) is 57.6 Å². The van der Waals surface area contributed by atoms with Crippen molar-refractivity contribution in [2.45, 2.75) is 33.2 Å². The summed E-state index contributed by atoms with van der Waals surface area (Å²) in [5.74, 6) is -1.43. The molecule has 1 heterocycles. The minimum absolute atomic E-state index is 0.0584. The second-order valence-electron chi connectivity index (χ2n) is 5.26. The lowest BCUT2D eigenvalue weighted by Crippen LogP contribution is -2.40. The number of piperidine rings is 1. The van der Waals surface area contributed by atoms with Crippen LogP contribution in [0.4, 0.5) is 0 Å². The summed E-state index contributed by atoms with van der Waals surface area (Å²) in [6.45, 7) is 5.22. The highest BCUT2D eigenvalue weighted by molar-refractivity contribution is 5.83. The summed E-state index contributed by atoms with van der Waals surface area (Å²) in [5, 5.41) is 8.93. The first-order valence-corrected chi connectivity index (χ1v) is 6.54. The molecule has 0 aliphatic carbocycles. The zero-order valence-corrected chi connectivity index (χ0v) is 11.3. The molecule has 1 saturated heterocycles. The molecular weight excluding hydrogens is 242 g/mol. The largest absolute Gasteiger partial charge is 0.481 e. The van der Waals surface area contributed by atoms with Crippen LogP contribution in [-0.2, 0) is 16.1 Å². The Morgan fingerprint density at radius 1 is 1.37 bits per heavy atom. The van der Waals surface area contributed by atoms with Crippen LogP contribution in [0.2, 0.25) is 0 Å². The van der Waals surface area contributed by atoms with E-state index >= 15 is 0 Å². The molecule has 1 aliphatic heterocycles. The number of carboxylic acids is 1. The van der Waals surface area contributed by atoms with Crippen molar-refractivity contribution in [3.63, 3.8) is 0 Å². The third kappa shape index (κ3) is 3.13. The van der Waals surface area contributed by atoms with Crippen LogP contribution in [0.5, 0.6) is 0 Å². The normalized spacial score (nSPS) is 19.6. The van der Waals surface area contributed by atoms with Crippen LogP contribution >= 0.6 is 0 Å². The molecule has 0 aromatic heterocycles. The molecule has 1 atom stereocenters. The van der Waals surface area contributed by atoms with Crippen molar-refractivity contribution in [2.75, 3.05) is 6.54 Å². The molecule has 1 aliphatic rings. The summed E-state index contributed by atoms with van der Waals surface area (Å²) < 4.78 is 0. The molecule has 102 valence electrons. The number of hydrogen-bond acceptors (Lipinski definition) is 2.